The number of benzene rings is 2. The minimum atomic E-state index is -0.223. The Morgan fingerprint density at radius 2 is 1.65 bits per heavy atom. The molecule has 0 fully saturated rings. The van der Waals surface area contributed by atoms with E-state index in [1.807, 2.05) is 55.5 Å². The summed E-state index contributed by atoms with van der Waals surface area (Å²) in [6.07, 6.45) is 0. The van der Waals surface area contributed by atoms with Gasteiger partial charge in [0.25, 0.3) is 5.91 Å². The fourth-order valence-corrected chi connectivity index (χ4v) is 1.85. The van der Waals surface area contributed by atoms with Gasteiger partial charge in [-0.2, -0.15) is 0 Å². The molecule has 23 heavy (non-hydrogen) atoms. The molecule has 2 aromatic carbocycles. The monoisotopic (exact) mass is 309 g/mol. The lowest BCUT2D eigenvalue weighted by molar-refractivity contribution is -0.122. The van der Waals surface area contributed by atoms with Crippen LogP contribution in [-0.2, 0) is 4.79 Å². The first-order chi connectivity index (χ1) is 11.3. The molecule has 0 saturated carbocycles. The number of ether oxygens (including phenoxy) is 2. The van der Waals surface area contributed by atoms with Crippen LogP contribution in [0.4, 0.5) is 0 Å². The van der Waals surface area contributed by atoms with Crippen LogP contribution in [-0.4, -0.2) is 25.7 Å². The second kappa shape index (κ2) is 9.16. The Morgan fingerprint density at radius 3 is 2.35 bits per heavy atom. The van der Waals surface area contributed by atoms with Crippen LogP contribution in [0.2, 0.25) is 0 Å². The second-order valence-electron chi connectivity index (χ2n) is 4.61. The number of hydrogen-bond donors (Lipinski definition) is 1. The summed E-state index contributed by atoms with van der Waals surface area (Å²) < 4.78 is 10.9. The SMILES string of the molecule is CCOc1ccccc1OCC(=O)NCC#Cc1ccccc1. The summed E-state index contributed by atoms with van der Waals surface area (Å²) in [7, 11) is 0. The molecule has 4 nitrogen and oxygen atoms in total. The third-order valence-corrected chi connectivity index (χ3v) is 2.89. The summed E-state index contributed by atoms with van der Waals surface area (Å²) in [5, 5.41) is 2.70. The van der Waals surface area contributed by atoms with Crippen molar-refractivity contribution in [3.8, 4) is 23.3 Å². The van der Waals surface area contributed by atoms with Gasteiger partial charge in [0.15, 0.2) is 18.1 Å². The summed E-state index contributed by atoms with van der Waals surface area (Å²) in [6, 6.07) is 16.9. The zero-order valence-electron chi connectivity index (χ0n) is 13.0. The van der Waals surface area contributed by atoms with Crippen LogP contribution in [0.1, 0.15) is 12.5 Å². The first-order valence-corrected chi connectivity index (χ1v) is 7.45. The van der Waals surface area contributed by atoms with Gasteiger partial charge in [-0.15, -0.1) is 0 Å². The van der Waals surface area contributed by atoms with Crippen LogP contribution in [0.3, 0.4) is 0 Å². The highest BCUT2D eigenvalue weighted by Gasteiger charge is 2.06. The van der Waals surface area contributed by atoms with Gasteiger partial charge < -0.3 is 14.8 Å². The summed E-state index contributed by atoms with van der Waals surface area (Å²) in [4.78, 5) is 11.8. The maximum absolute atomic E-state index is 11.8. The molecule has 0 aliphatic heterocycles. The predicted molar refractivity (Wildman–Crippen MR) is 89.4 cm³/mol. The predicted octanol–water partition coefficient (Wildman–Crippen LogP) is 2.63. The fraction of sp³-hybridized carbons (Fsp3) is 0.211. The molecule has 1 N–H and O–H groups in total. The van der Waals surface area contributed by atoms with Crippen LogP contribution in [0, 0.1) is 11.8 Å². The van der Waals surface area contributed by atoms with E-state index < -0.39 is 0 Å². The summed E-state index contributed by atoms with van der Waals surface area (Å²) in [6.45, 7) is 2.65. The minimum absolute atomic E-state index is 0.0723. The van der Waals surface area contributed by atoms with E-state index in [2.05, 4.69) is 17.2 Å². The zero-order chi connectivity index (χ0) is 16.3. The maximum atomic E-state index is 11.8. The molecular formula is C19H19NO3. The molecule has 0 saturated heterocycles. The Labute approximate surface area is 136 Å². The van der Waals surface area contributed by atoms with Crippen molar-refractivity contribution in [2.24, 2.45) is 0 Å². The third kappa shape index (κ3) is 5.76. The standard InChI is InChI=1S/C19H19NO3/c1-2-22-17-12-6-7-13-18(17)23-15-19(21)20-14-8-11-16-9-4-3-5-10-16/h3-7,9-10,12-13H,2,14-15H2,1H3,(H,20,21). The summed E-state index contributed by atoms with van der Waals surface area (Å²) in [5.41, 5.74) is 0.920. The van der Waals surface area contributed by atoms with Gasteiger partial charge in [-0.05, 0) is 31.2 Å². The van der Waals surface area contributed by atoms with Gasteiger partial charge in [-0.3, -0.25) is 4.79 Å². The molecule has 118 valence electrons. The molecular weight excluding hydrogens is 290 g/mol. The molecule has 2 aromatic rings. The van der Waals surface area contributed by atoms with E-state index in [1.165, 1.54) is 0 Å². The van der Waals surface area contributed by atoms with Gasteiger partial charge in [0.05, 0.1) is 13.2 Å². The highest BCUT2D eigenvalue weighted by Crippen LogP contribution is 2.26. The largest absolute Gasteiger partial charge is 0.490 e. The average Bonchev–Trinajstić information content (AvgIpc) is 2.59. The molecule has 0 atom stereocenters. The summed E-state index contributed by atoms with van der Waals surface area (Å²) >= 11 is 0. The lowest BCUT2D eigenvalue weighted by Crippen LogP contribution is -2.29. The zero-order valence-corrected chi connectivity index (χ0v) is 13.0. The second-order valence-corrected chi connectivity index (χ2v) is 4.61. The van der Waals surface area contributed by atoms with Crippen LogP contribution in [0.5, 0.6) is 11.5 Å². The number of para-hydroxylation sites is 2. The topological polar surface area (TPSA) is 47.6 Å². The molecule has 0 aromatic heterocycles. The van der Waals surface area contributed by atoms with Crippen molar-refractivity contribution < 1.29 is 14.3 Å². The Kier molecular flexibility index (Phi) is 6.55. The van der Waals surface area contributed by atoms with Crippen molar-refractivity contribution in [3.05, 3.63) is 60.2 Å². The lowest BCUT2D eigenvalue weighted by atomic mass is 10.2. The van der Waals surface area contributed by atoms with E-state index in [1.54, 1.807) is 6.07 Å². The van der Waals surface area contributed by atoms with Gasteiger partial charge in [-0.25, -0.2) is 0 Å². The highest BCUT2D eigenvalue weighted by molar-refractivity contribution is 5.77. The first kappa shape index (κ1) is 16.4. The van der Waals surface area contributed by atoms with E-state index in [9.17, 15) is 4.79 Å². The molecule has 0 bridgehead atoms. The Bertz CT molecular complexity index is 687. The quantitative estimate of drug-likeness (QED) is 0.835. The van der Waals surface area contributed by atoms with Crippen molar-refractivity contribution in [1.82, 2.24) is 5.32 Å². The first-order valence-electron chi connectivity index (χ1n) is 7.45. The van der Waals surface area contributed by atoms with Crippen molar-refractivity contribution in [2.75, 3.05) is 19.8 Å². The Balaban J connectivity index is 1.77. The van der Waals surface area contributed by atoms with Crippen molar-refractivity contribution in [1.29, 1.82) is 0 Å². The van der Waals surface area contributed by atoms with Crippen LogP contribution in [0.15, 0.2) is 54.6 Å². The van der Waals surface area contributed by atoms with Gasteiger partial charge in [0.1, 0.15) is 0 Å². The van der Waals surface area contributed by atoms with E-state index in [0.29, 0.717) is 18.1 Å². The van der Waals surface area contributed by atoms with Crippen molar-refractivity contribution >= 4 is 5.91 Å². The molecule has 0 aliphatic rings. The lowest BCUT2D eigenvalue weighted by Gasteiger charge is -2.10. The number of carbonyl (C=O) groups excluding carboxylic acids is 1. The van der Waals surface area contributed by atoms with E-state index >= 15 is 0 Å². The smallest absolute Gasteiger partial charge is 0.258 e. The highest BCUT2D eigenvalue weighted by atomic mass is 16.5. The maximum Gasteiger partial charge on any atom is 0.258 e. The molecule has 0 radical (unpaired) electrons. The number of hydrogen-bond acceptors (Lipinski definition) is 3. The number of amides is 1. The average molecular weight is 309 g/mol. The van der Waals surface area contributed by atoms with Crippen molar-refractivity contribution in [2.45, 2.75) is 6.92 Å². The molecule has 0 spiro atoms. The van der Waals surface area contributed by atoms with Gasteiger partial charge in [0.2, 0.25) is 0 Å². The van der Waals surface area contributed by atoms with Gasteiger partial charge in [-0.1, -0.05) is 42.2 Å². The number of nitrogens with one attached hydrogen (secondary N) is 1. The van der Waals surface area contributed by atoms with E-state index in [0.717, 1.165) is 5.56 Å². The van der Waals surface area contributed by atoms with E-state index in [-0.39, 0.29) is 19.1 Å². The summed E-state index contributed by atoms with van der Waals surface area (Å²) in [5.74, 6) is 6.84. The number of carbonyl (C=O) groups is 1. The van der Waals surface area contributed by atoms with Crippen LogP contribution < -0.4 is 14.8 Å². The molecule has 2 rings (SSSR count). The number of rotatable bonds is 6. The third-order valence-electron chi connectivity index (χ3n) is 2.89. The van der Waals surface area contributed by atoms with Crippen molar-refractivity contribution in [3.63, 3.8) is 0 Å². The van der Waals surface area contributed by atoms with Crippen LogP contribution in [0.25, 0.3) is 0 Å². The molecule has 0 unspecified atom stereocenters. The normalized spacial score (nSPS) is 9.43. The molecule has 0 heterocycles. The molecule has 4 heteroatoms. The Morgan fingerprint density at radius 1 is 1.00 bits per heavy atom. The molecule has 1 amide bonds. The van der Waals surface area contributed by atoms with Crippen LogP contribution >= 0.6 is 0 Å². The van der Waals surface area contributed by atoms with Gasteiger partial charge >= 0.3 is 0 Å². The van der Waals surface area contributed by atoms with Gasteiger partial charge in [0, 0.05) is 5.56 Å². The fourth-order valence-electron chi connectivity index (χ4n) is 1.85. The minimum Gasteiger partial charge on any atom is -0.490 e. The molecule has 0 aliphatic carbocycles. The Hall–Kier alpha value is -2.93. The van der Waals surface area contributed by atoms with E-state index in [4.69, 9.17) is 9.47 Å².